The average Bonchev–Trinajstić information content (AvgIpc) is 2.96. The largest absolute Gasteiger partial charge is 0.598 e. The van der Waals surface area contributed by atoms with Crippen molar-refractivity contribution in [1.29, 1.82) is 0 Å². The van der Waals surface area contributed by atoms with E-state index in [1.54, 1.807) is 12.3 Å². The molecule has 0 spiro atoms. The summed E-state index contributed by atoms with van der Waals surface area (Å²) in [6, 6.07) is 10.6. The summed E-state index contributed by atoms with van der Waals surface area (Å²) in [6.07, 6.45) is 3.65. The van der Waals surface area contributed by atoms with E-state index in [-0.39, 0.29) is 17.6 Å². The van der Waals surface area contributed by atoms with Crippen molar-refractivity contribution >= 4 is 40.8 Å². The van der Waals surface area contributed by atoms with Gasteiger partial charge in [0.1, 0.15) is 10.4 Å². The zero-order chi connectivity index (χ0) is 29.9. The number of carbonyl (C=O) groups excluding carboxylic acids is 1. The molecular formula is C29H29Cl2N5O4S. The van der Waals surface area contributed by atoms with E-state index in [0.29, 0.717) is 61.5 Å². The normalized spacial score (nSPS) is 13.0. The molecule has 214 valence electrons. The second kappa shape index (κ2) is 12.7. The Morgan fingerprint density at radius 1 is 0.878 bits per heavy atom. The Labute approximate surface area is 252 Å². The van der Waals surface area contributed by atoms with Crippen LogP contribution in [0.5, 0.6) is 11.8 Å². The van der Waals surface area contributed by atoms with Crippen LogP contribution in [-0.4, -0.2) is 49.7 Å². The molecule has 0 saturated carbocycles. The standard InChI is InChI=1S/C29H29Cl2N5O4S/c1-16(36-41(38)29(2,3)4)26-28(40-6)35-22(14-33-26)20-12-8-10-18(25(20)31)17-9-7-11-19(24(17)30)21-13-32-23(15-37)27(34-21)39-5/h7-16,36H,1-6H3/t16-,41?/m1/s1. The van der Waals surface area contributed by atoms with Crippen LogP contribution in [0.15, 0.2) is 48.8 Å². The van der Waals surface area contributed by atoms with Gasteiger partial charge in [-0.25, -0.2) is 15.0 Å². The number of aldehydes is 1. The quantitative estimate of drug-likeness (QED) is 0.166. The molecule has 2 atom stereocenters. The Kier molecular flexibility index (Phi) is 9.51. The summed E-state index contributed by atoms with van der Waals surface area (Å²) in [5.74, 6) is 0.394. The van der Waals surface area contributed by atoms with E-state index in [1.165, 1.54) is 20.4 Å². The predicted octanol–water partition coefficient (Wildman–Crippen LogP) is 6.52. The number of carbonyl (C=O) groups is 1. The molecule has 2 aromatic carbocycles. The zero-order valence-corrected chi connectivity index (χ0v) is 25.7. The summed E-state index contributed by atoms with van der Waals surface area (Å²) in [7, 11) is 2.92. The molecule has 0 bridgehead atoms. The van der Waals surface area contributed by atoms with Gasteiger partial charge >= 0.3 is 0 Å². The van der Waals surface area contributed by atoms with Crippen LogP contribution in [0.4, 0.5) is 0 Å². The number of aromatic nitrogens is 4. The highest BCUT2D eigenvalue weighted by Crippen LogP contribution is 2.42. The van der Waals surface area contributed by atoms with Gasteiger partial charge in [0.05, 0.1) is 54.1 Å². The van der Waals surface area contributed by atoms with Crippen molar-refractivity contribution in [1.82, 2.24) is 24.7 Å². The lowest BCUT2D eigenvalue weighted by Crippen LogP contribution is -2.40. The van der Waals surface area contributed by atoms with Crippen molar-refractivity contribution in [3.05, 3.63) is 70.2 Å². The van der Waals surface area contributed by atoms with Gasteiger partial charge in [0.2, 0.25) is 11.8 Å². The molecule has 4 rings (SSSR count). The van der Waals surface area contributed by atoms with Crippen molar-refractivity contribution < 1.29 is 18.8 Å². The number of ether oxygens (including phenoxy) is 2. The third-order valence-corrected chi connectivity index (χ3v) is 8.62. The Morgan fingerprint density at radius 3 is 1.85 bits per heavy atom. The van der Waals surface area contributed by atoms with E-state index < -0.39 is 16.1 Å². The highest BCUT2D eigenvalue weighted by atomic mass is 35.5. The van der Waals surface area contributed by atoms with Crippen LogP contribution in [0.1, 0.15) is 49.9 Å². The first kappa shape index (κ1) is 30.7. The number of hydrogen-bond acceptors (Lipinski definition) is 9. The third kappa shape index (κ3) is 6.47. The zero-order valence-electron chi connectivity index (χ0n) is 23.4. The second-order valence-corrected chi connectivity index (χ2v) is 12.7. The monoisotopic (exact) mass is 613 g/mol. The molecule has 0 aliphatic rings. The van der Waals surface area contributed by atoms with Gasteiger partial charge in [-0.2, -0.15) is 0 Å². The lowest BCUT2D eigenvalue weighted by Gasteiger charge is -2.26. The number of nitrogens with zero attached hydrogens (tertiary/aromatic N) is 4. The van der Waals surface area contributed by atoms with E-state index >= 15 is 0 Å². The number of halogens is 2. The number of methoxy groups -OCH3 is 2. The first-order valence-electron chi connectivity index (χ1n) is 12.5. The number of rotatable bonds is 9. The average molecular weight is 615 g/mol. The van der Waals surface area contributed by atoms with Crippen molar-refractivity contribution in [2.45, 2.75) is 38.5 Å². The van der Waals surface area contributed by atoms with Gasteiger partial charge in [-0.15, -0.1) is 4.72 Å². The van der Waals surface area contributed by atoms with E-state index in [2.05, 4.69) is 24.7 Å². The molecule has 1 unspecified atom stereocenters. The molecule has 0 fully saturated rings. The first-order chi connectivity index (χ1) is 19.5. The predicted molar refractivity (Wildman–Crippen MR) is 162 cm³/mol. The summed E-state index contributed by atoms with van der Waals surface area (Å²) in [4.78, 5) is 29.0. The lowest BCUT2D eigenvalue weighted by molar-refractivity contribution is 0.111. The molecule has 12 heteroatoms. The van der Waals surface area contributed by atoms with Gasteiger partial charge < -0.3 is 14.0 Å². The molecule has 4 aromatic rings. The molecule has 2 aromatic heterocycles. The summed E-state index contributed by atoms with van der Waals surface area (Å²) < 4.78 is 26.0. The van der Waals surface area contributed by atoms with Gasteiger partial charge in [0.25, 0.3) is 0 Å². The summed E-state index contributed by atoms with van der Waals surface area (Å²) >= 11 is 12.5. The van der Waals surface area contributed by atoms with Crippen molar-refractivity contribution in [3.8, 4) is 45.4 Å². The van der Waals surface area contributed by atoms with E-state index in [4.69, 9.17) is 32.7 Å². The smallest absolute Gasteiger partial charge is 0.243 e. The highest BCUT2D eigenvalue weighted by molar-refractivity contribution is 7.90. The Bertz CT molecular complexity index is 1580. The van der Waals surface area contributed by atoms with Crippen LogP contribution in [0.2, 0.25) is 10.0 Å². The third-order valence-electron chi connectivity index (χ3n) is 6.12. The maximum Gasteiger partial charge on any atom is 0.243 e. The fraction of sp³-hybridized carbons (Fsp3) is 0.276. The first-order valence-corrected chi connectivity index (χ1v) is 14.4. The van der Waals surface area contributed by atoms with Crippen molar-refractivity contribution in [3.63, 3.8) is 0 Å². The number of hydrogen-bond donors (Lipinski definition) is 1. The van der Waals surface area contributed by atoms with Gasteiger partial charge in [0.15, 0.2) is 12.0 Å². The molecule has 9 nitrogen and oxygen atoms in total. The molecule has 2 heterocycles. The van der Waals surface area contributed by atoms with Crippen LogP contribution in [-0.2, 0) is 11.4 Å². The fourth-order valence-electron chi connectivity index (χ4n) is 3.97. The highest BCUT2D eigenvalue weighted by Gasteiger charge is 2.30. The Hall–Kier alpha value is -3.28. The van der Waals surface area contributed by atoms with Crippen molar-refractivity contribution in [2.75, 3.05) is 14.2 Å². The number of benzene rings is 2. The molecule has 0 aliphatic heterocycles. The van der Waals surface area contributed by atoms with Crippen LogP contribution < -0.4 is 14.2 Å². The molecular weight excluding hydrogens is 585 g/mol. The summed E-state index contributed by atoms with van der Waals surface area (Å²) in [5.41, 5.74) is 4.09. The Morgan fingerprint density at radius 2 is 1.37 bits per heavy atom. The maximum absolute atomic E-state index is 12.6. The molecule has 0 saturated heterocycles. The lowest BCUT2D eigenvalue weighted by atomic mass is 9.98. The molecule has 0 aliphatic carbocycles. The Balaban J connectivity index is 1.73. The van der Waals surface area contributed by atoms with Crippen LogP contribution in [0.25, 0.3) is 33.6 Å². The fourth-order valence-corrected chi connectivity index (χ4v) is 5.40. The van der Waals surface area contributed by atoms with Crippen LogP contribution in [0, 0.1) is 0 Å². The minimum Gasteiger partial charge on any atom is -0.598 e. The summed E-state index contributed by atoms with van der Waals surface area (Å²) in [6.45, 7) is 7.52. The SMILES string of the molecule is COc1nc(-c2cccc(-c3cccc(-c4cnc([C@@H](C)N[S+]([O-])C(C)(C)C)c(OC)n4)c3Cl)c2Cl)cnc1C=O. The maximum atomic E-state index is 12.6. The van der Waals surface area contributed by atoms with Gasteiger partial charge in [-0.05, 0) is 27.7 Å². The summed E-state index contributed by atoms with van der Waals surface area (Å²) in [5, 5.41) is 0.808. The van der Waals surface area contributed by atoms with E-state index in [0.717, 1.165) is 0 Å². The van der Waals surface area contributed by atoms with Gasteiger partial charge in [-0.1, -0.05) is 59.6 Å². The minimum atomic E-state index is -1.31. The van der Waals surface area contributed by atoms with E-state index in [1.807, 2.05) is 58.0 Å². The van der Waals surface area contributed by atoms with Crippen LogP contribution >= 0.6 is 23.2 Å². The van der Waals surface area contributed by atoms with Gasteiger partial charge in [0, 0.05) is 33.6 Å². The molecule has 1 N–H and O–H groups in total. The molecule has 41 heavy (non-hydrogen) atoms. The topological polar surface area (TPSA) is 122 Å². The van der Waals surface area contributed by atoms with Crippen LogP contribution in [0.3, 0.4) is 0 Å². The van der Waals surface area contributed by atoms with Gasteiger partial charge in [-0.3, -0.25) is 9.78 Å². The van der Waals surface area contributed by atoms with Crippen molar-refractivity contribution in [2.24, 2.45) is 0 Å². The van der Waals surface area contributed by atoms with E-state index in [9.17, 15) is 9.35 Å². The molecule has 0 radical (unpaired) electrons. The number of nitrogens with one attached hydrogen (secondary N) is 1. The minimum absolute atomic E-state index is 0.0921. The molecule has 0 amide bonds. The second-order valence-electron chi connectivity index (χ2n) is 9.97.